The van der Waals surface area contributed by atoms with E-state index in [1.807, 2.05) is 73.1 Å². The van der Waals surface area contributed by atoms with Gasteiger partial charge in [0, 0.05) is 35.1 Å². The molecule has 6 heteroatoms. The highest BCUT2D eigenvalue weighted by atomic mass is 16.5. The van der Waals surface area contributed by atoms with Crippen LogP contribution in [0.3, 0.4) is 0 Å². The van der Waals surface area contributed by atoms with Gasteiger partial charge in [0.25, 0.3) is 0 Å². The number of esters is 1. The molecule has 31 heavy (non-hydrogen) atoms. The summed E-state index contributed by atoms with van der Waals surface area (Å²) >= 11 is 0. The maximum absolute atomic E-state index is 12.6. The molecule has 3 heterocycles. The SMILES string of the molecule is COC(=O)c1cc(-c2ccnc3ccccc23)c2ncc(-c3ccc(OC)cc3)cn12. The van der Waals surface area contributed by atoms with Crippen LogP contribution in [-0.2, 0) is 4.74 Å². The predicted molar refractivity (Wildman–Crippen MR) is 119 cm³/mol. The first-order chi connectivity index (χ1) is 15.2. The molecule has 2 aromatic carbocycles. The topological polar surface area (TPSA) is 65.7 Å². The Hall–Kier alpha value is -4.19. The lowest BCUT2D eigenvalue weighted by atomic mass is 10.0. The van der Waals surface area contributed by atoms with Crippen LogP contribution in [0.25, 0.3) is 38.8 Å². The van der Waals surface area contributed by atoms with E-state index in [2.05, 4.69) is 4.98 Å². The van der Waals surface area contributed by atoms with Crippen LogP contribution in [-0.4, -0.2) is 34.6 Å². The maximum Gasteiger partial charge on any atom is 0.355 e. The molecule has 0 saturated carbocycles. The van der Waals surface area contributed by atoms with Gasteiger partial charge in [0.1, 0.15) is 17.1 Å². The van der Waals surface area contributed by atoms with Gasteiger partial charge in [0.15, 0.2) is 0 Å². The van der Waals surface area contributed by atoms with Crippen LogP contribution >= 0.6 is 0 Å². The zero-order valence-corrected chi connectivity index (χ0v) is 17.1. The number of carbonyl (C=O) groups is 1. The van der Waals surface area contributed by atoms with Gasteiger partial charge in [-0.2, -0.15) is 0 Å². The molecule has 0 unspecified atom stereocenters. The first kappa shape index (κ1) is 18.8. The third-order valence-corrected chi connectivity index (χ3v) is 5.36. The monoisotopic (exact) mass is 409 g/mol. The standard InChI is InChI=1S/C25H19N3O3/c1-30-18-9-7-16(8-10-18)17-14-27-24-21(13-23(25(29)31-2)28(24)15-17)19-11-12-26-22-6-4-3-5-20(19)22/h3-15H,1-2H3. The van der Waals surface area contributed by atoms with Crippen LogP contribution in [0.4, 0.5) is 0 Å². The Kier molecular flexibility index (Phi) is 4.59. The first-order valence-corrected chi connectivity index (χ1v) is 9.77. The van der Waals surface area contributed by atoms with E-state index in [-0.39, 0.29) is 0 Å². The van der Waals surface area contributed by atoms with E-state index in [9.17, 15) is 4.79 Å². The van der Waals surface area contributed by atoms with Crippen molar-refractivity contribution in [2.24, 2.45) is 0 Å². The maximum atomic E-state index is 12.6. The minimum absolute atomic E-state index is 0.413. The number of pyridine rings is 1. The molecule has 0 aliphatic carbocycles. The predicted octanol–water partition coefficient (Wildman–Crippen LogP) is 5.01. The smallest absolute Gasteiger partial charge is 0.355 e. The summed E-state index contributed by atoms with van der Waals surface area (Å²) in [5, 5.41) is 0.995. The van der Waals surface area contributed by atoms with Crippen LogP contribution < -0.4 is 4.74 Å². The first-order valence-electron chi connectivity index (χ1n) is 9.77. The molecular weight excluding hydrogens is 390 g/mol. The molecule has 0 aliphatic heterocycles. The molecule has 0 bridgehead atoms. The molecule has 3 aromatic heterocycles. The van der Waals surface area contributed by atoms with E-state index in [1.54, 1.807) is 17.7 Å². The molecule has 6 nitrogen and oxygen atoms in total. The summed E-state index contributed by atoms with van der Waals surface area (Å²) in [6.07, 6.45) is 5.49. The van der Waals surface area contributed by atoms with Crippen molar-refractivity contribution >= 4 is 22.5 Å². The third kappa shape index (κ3) is 3.18. The second-order valence-corrected chi connectivity index (χ2v) is 7.08. The fraction of sp³-hybridized carbons (Fsp3) is 0.0800. The fourth-order valence-corrected chi connectivity index (χ4v) is 3.80. The van der Waals surface area contributed by atoms with Crippen molar-refractivity contribution in [1.82, 2.24) is 14.4 Å². The number of para-hydroxylation sites is 1. The second kappa shape index (κ2) is 7.57. The van der Waals surface area contributed by atoms with Crippen LogP contribution in [0.2, 0.25) is 0 Å². The molecule has 0 aliphatic rings. The average Bonchev–Trinajstić information content (AvgIpc) is 3.22. The molecule has 0 saturated heterocycles. The van der Waals surface area contributed by atoms with Crippen molar-refractivity contribution < 1.29 is 14.3 Å². The van der Waals surface area contributed by atoms with Crippen LogP contribution in [0, 0.1) is 0 Å². The van der Waals surface area contributed by atoms with Gasteiger partial charge in [-0.1, -0.05) is 30.3 Å². The molecule has 5 rings (SSSR count). The van der Waals surface area contributed by atoms with Crippen molar-refractivity contribution in [3.63, 3.8) is 0 Å². The van der Waals surface area contributed by atoms with E-state index in [4.69, 9.17) is 14.5 Å². The summed E-state index contributed by atoms with van der Waals surface area (Å²) in [5.74, 6) is 0.356. The molecule has 5 aromatic rings. The minimum atomic E-state index is -0.423. The van der Waals surface area contributed by atoms with Crippen molar-refractivity contribution in [2.75, 3.05) is 14.2 Å². The third-order valence-electron chi connectivity index (χ3n) is 5.36. The Labute approximate surface area is 178 Å². The molecule has 152 valence electrons. The summed E-state index contributed by atoms with van der Waals surface area (Å²) in [6, 6.07) is 19.4. The van der Waals surface area contributed by atoms with Crippen LogP contribution in [0.1, 0.15) is 10.5 Å². The normalized spacial score (nSPS) is 11.0. The number of carbonyl (C=O) groups excluding carboxylic acids is 1. The molecule has 0 fully saturated rings. The van der Waals surface area contributed by atoms with E-state index >= 15 is 0 Å². The summed E-state index contributed by atoms with van der Waals surface area (Å²) in [5.41, 5.74) is 5.62. The van der Waals surface area contributed by atoms with Gasteiger partial charge in [-0.15, -0.1) is 0 Å². The van der Waals surface area contributed by atoms with Crippen LogP contribution in [0.15, 0.2) is 79.3 Å². The Morgan fingerprint density at radius 3 is 2.48 bits per heavy atom. The van der Waals surface area contributed by atoms with E-state index in [0.717, 1.165) is 38.9 Å². The van der Waals surface area contributed by atoms with Crippen molar-refractivity contribution in [3.8, 4) is 28.0 Å². The summed E-state index contributed by atoms with van der Waals surface area (Å²) < 4.78 is 12.1. The van der Waals surface area contributed by atoms with Gasteiger partial charge < -0.3 is 9.47 Å². The highest BCUT2D eigenvalue weighted by molar-refractivity contribution is 6.01. The van der Waals surface area contributed by atoms with Crippen molar-refractivity contribution in [3.05, 3.63) is 84.9 Å². The second-order valence-electron chi connectivity index (χ2n) is 7.08. The zero-order chi connectivity index (χ0) is 21.4. The molecule has 0 amide bonds. The minimum Gasteiger partial charge on any atom is -0.497 e. The van der Waals surface area contributed by atoms with Crippen molar-refractivity contribution in [1.29, 1.82) is 0 Å². The number of benzene rings is 2. The lowest BCUT2D eigenvalue weighted by Gasteiger charge is -2.07. The Bertz CT molecular complexity index is 1420. The fourth-order valence-electron chi connectivity index (χ4n) is 3.80. The molecule has 0 N–H and O–H groups in total. The Balaban J connectivity index is 1.74. The molecule has 0 spiro atoms. The average molecular weight is 409 g/mol. The van der Waals surface area contributed by atoms with Gasteiger partial charge in [0.05, 0.1) is 19.7 Å². The number of hydrogen-bond acceptors (Lipinski definition) is 5. The summed E-state index contributed by atoms with van der Waals surface area (Å²) in [6.45, 7) is 0. The largest absolute Gasteiger partial charge is 0.497 e. The highest BCUT2D eigenvalue weighted by Crippen LogP contribution is 2.33. The van der Waals surface area contributed by atoms with E-state index in [0.29, 0.717) is 11.3 Å². The van der Waals surface area contributed by atoms with Crippen LogP contribution in [0.5, 0.6) is 5.75 Å². The highest BCUT2D eigenvalue weighted by Gasteiger charge is 2.20. The Morgan fingerprint density at radius 2 is 1.71 bits per heavy atom. The molecular formula is C25H19N3O3. The molecule has 0 atom stereocenters. The number of nitrogens with zero attached hydrogens (tertiary/aromatic N) is 3. The number of rotatable bonds is 4. The van der Waals surface area contributed by atoms with E-state index in [1.165, 1.54) is 7.11 Å². The number of fused-ring (bicyclic) bond motifs is 2. The number of ether oxygens (including phenoxy) is 2. The number of aromatic nitrogens is 3. The zero-order valence-electron chi connectivity index (χ0n) is 17.1. The quantitative estimate of drug-likeness (QED) is 0.390. The van der Waals surface area contributed by atoms with Gasteiger partial charge in [-0.05, 0) is 41.5 Å². The molecule has 0 radical (unpaired) electrons. The van der Waals surface area contributed by atoms with Gasteiger partial charge >= 0.3 is 5.97 Å². The Morgan fingerprint density at radius 1 is 0.903 bits per heavy atom. The lowest BCUT2D eigenvalue weighted by molar-refractivity contribution is 0.0593. The lowest BCUT2D eigenvalue weighted by Crippen LogP contribution is -2.05. The van der Waals surface area contributed by atoms with Gasteiger partial charge in [-0.3, -0.25) is 9.38 Å². The van der Waals surface area contributed by atoms with Crippen molar-refractivity contribution in [2.45, 2.75) is 0 Å². The van der Waals surface area contributed by atoms with Gasteiger partial charge in [-0.25, -0.2) is 9.78 Å². The van der Waals surface area contributed by atoms with Gasteiger partial charge in [0.2, 0.25) is 0 Å². The summed E-state index contributed by atoms with van der Waals surface area (Å²) in [4.78, 5) is 21.7. The number of methoxy groups -OCH3 is 2. The summed E-state index contributed by atoms with van der Waals surface area (Å²) in [7, 11) is 3.01. The number of hydrogen-bond donors (Lipinski definition) is 0. The van der Waals surface area contributed by atoms with E-state index < -0.39 is 5.97 Å².